The number of benzene rings is 1. The van der Waals surface area contributed by atoms with Crippen LogP contribution >= 0.6 is 46.3 Å². The Morgan fingerprint density at radius 1 is 1.36 bits per heavy atom. The number of aromatic nitrogens is 2. The van der Waals surface area contributed by atoms with E-state index in [4.69, 9.17) is 28.9 Å². The third kappa shape index (κ3) is 4.49. The maximum Gasteiger partial charge on any atom is 0.233 e. The van der Waals surface area contributed by atoms with Crippen LogP contribution < -0.4 is 11.1 Å². The predicted molar refractivity (Wildman–Crippen MR) is 92.7 cm³/mol. The van der Waals surface area contributed by atoms with Crippen LogP contribution in [0, 0.1) is 0 Å². The van der Waals surface area contributed by atoms with Gasteiger partial charge in [-0.1, -0.05) is 52.4 Å². The standard InChI is InChI=1S/C13H14Cl2N4OS2/c1-6(9-4-3-8(14)5-10(9)15)17-11(20)7(2)21-13-19-18-12(16)22-13/h3-7H,1-2H3,(H2,16,18)(H,17,20)/t6-,7+/m0/s1. The highest BCUT2D eigenvalue weighted by Crippen LogP contribution is 2.29. The third-order valence-electron chi connectivity index (χ3n) is 2.86. The molecule has 0 bridgehead atoms. The van der Waals surface area contributed by atoms with E-state index in [-0.39, 0.29) is 17.2 Å². The largest absolute Gasteiger partial charge is 0.374 e. The summed E-state index contributed by atoms with van der Waals surface area (Å²) >= 11 is 14.6. The summed E-state index contributed by atoms with van der Waals surface area (Å²) in [5, 5.41) is 11.7. The number of carbonyl (C=O) groups excluding carboxylic acids is 1. The second-order valence-corrected chi connectivity index (χ2v) is 8.00. The zero-order valence-electron chi connectivity index (χ0n) is 11.8. The molecule has 22 heavy (non-hydrogen) atoms. The Kier molecular flexibility index (Phi) is 5.91. The van der Waals surface area contributed by atoms with Gasteiger partial charge in [0.2, 0.25) is 11.0 Å². The number of nitrogen functional groups attached to an aromatic ring is 1. The van der Waals surface area contributed by atoms with Crippen LogP contribution in [0.25, 0.3) is 0 Å². The van der Waals surface area contributed by atoms with Gasteiger partial charge in [-0.25, -0.2) is 0 Å². The summed E-state index contributed by atoms with van der Waals surface area (Å²) in [6.07, 6.45) is 0. The van der Waals surface area contributed by atoms with Gasteiger partial charge in [0.05, 0.1) is 11.3 Å². The summed E-state index contributed by atoms with van der Waals surface area (Å²) in [5.74, 6) is -0.114. The highest BCUT2D eigenvalue weighted by atomic mass is 35.5. The maximum absolute atomic E-state index is 12.2. The van der Waals surface area contributed by atoms with Crippen molar-refractivity contribution in [2.45, 2.75) is 29.5 Å². The van der Waals surface area contributed by atoms with E-state index >= 15 is 0 Å². The lowest BCUT2D eigenvalue weighted by Gasteiger charge is -2.18. The number of hydrogen-bond acceptors (Lipinski definition) is 6. The Morgan fingerprint density at radius 3 is 2.68 bits per heavy atom. The molecule has 1 heterocycles. The fraction of sp³-hybridized carbons (Fsp3) is 0.308. The number of rotatable bonds is 5. The fourth-order valence-electron chi connectivity index (χ4n) is 1.73. The van der Waals surface area contributed by atoms with Crippen LogP contribution in [0.3, 0.4) is 0 Å². The van der Waals surface area contributed by atoms with Crippen molar-refractivity contribution >= 4 is 57.3 Å². The van der Waals surface area contributed by atoms with Crippen LogP contribution in [0.1, 0.15) is 25.5 Å². The van der Waals surface area contributed by atoms with Crippen molar-refractivity contribution in [2.24, 2.45) is 0 Å². The van der Waals surface area contributed by atoms with Crippen LogP contribution in [-0.4, -0.2) is 21.4 Å². The first-order valence-electron chi connectivity index (χ1n) is 6.37. The Balaban J connectivity index is 1.98. The molecule has 0 aliphatic heterocycles. The van der Waals surface area contributed by atoms with Gasteiger partial charge < -0.3 is 11.1 Å². The maximum atomic E-state index is 12.2. The molecular formula is C13H14Cl2N4OS2. The van der Waals surface area contributed by atoms with Gasteiger partial charge >= 0.3 is 0 Å². The average Bonchev–Trinajstić information content (AvgIpc) is 2.83. The Hall–Kier alpha value is -1.02. The molecule has 2 rings (SSSR count). The lowest BCUT2D eigenvalue weighted by molar-refractivity contribution is -0.120. The first-order chi connectivity index (χ1) is 10.4. The van der Waals surface area contributed by atoms with Gasteiger partial charge in [-0.15, -0.1) is 10.2 Å². The summed E-state index contributed by atoms with van der Waals surface area (Å²) in [5.41, 5.74) is 6.34. The fourth-order valence-corrected chi connectivity index (χ4v) is 4.10. The molecule has 1 aromatic carbocycles. The van der Waals surface area contributed by atoms with E-state index in [1.807, 2.05) is 6.92 Å². The molecule has 0 unspecified atom stereocenters. The first kappa shape index (κ1) is 17.3. The van der Waals surface area contributed by atoms with Gasteiger partial charge in [0.25, 0.3) is 0 Å². The minimum atomic E-state index is -0.319. The molecule has 0 aliphatic carbocycles. The molecule has 9 heteroatoms. The number of thioether (sulfide) groups is 1. The Morgan fingerprint density at radius 2 is 2.09 bits per heavy atom. The van der Waals surface area contributed by atoms with Crippen LogP contribution in [0.5, 0.6) is 0 Å². The highest BCUT2D eigenvalue weighted by Gasteiger charge is 2.20. The topological polar surface area (TPSA) is 80.9 Å². The first-order valence-corrected chi connectivity index (χ1v) is 8.83. The van der Waals surface area contributed by atoms with E-state index in [0.717, 1.165) is 5.56 Å². The van der Waals surface area contributed by atoms with Crippen molar-refractivity contribution in [3.63, 3.8) is 0 Å². The normalized spacial score (nSPS) is 13.6. The summed E-state index contributed by atoms with van der Waals surface area (Å²) in [7, 11) is 0. The molecular weight excluding hydrogens is 363 g/mol. The highest BCUT2D eigenvalue weighted by molar-refractivity contribution is 8.02. The van der Waals surface area contributed by atoms with Crippen molar-refractivity contribution < 1.29 is 4.79 Å². The van der Waals surface area contributed by atoms with Crippen molar-refractivity contribution in [1.29, 1.82) is 0 Å². The number of nitrogens with one attached hydrogen (secondary N) is 1. The molecule has 2 atom stereocenters. The molecule has 3 N–H and O–H groups in total. The summed E-state index contributed by atoms with van der Waals surface area (Å²) in [6.45, 7) is 3.67. The predicted octanol–water partition coefficient (Wildman–Crippen LogP) is 3.79. The van der Waals surface area contributed by atoms with E-state index in [1.165, 1.54) is 23.1 Å². The van der Waals surface area contributed by atoms with E-state index in [1.54, 1.807) is 25.1 Å². The number of carbonyl (C=O) groups is 1. The monoisotopic (exact) mass is 376 g/mol. The van der Waals surface area contributed by atoms with Crippen molar-refractivity contribution in [2.75, 3.05) is 5.73 Å². The molecule has 118 valence electrons. The summed E-state index contributed by atoms with van der Waals surface area (Å²) in [6, 6.07) is 4.98. The van der Waals surface area contributed by atoms with Gasteiger partial charge in [-0.2, -0.15) is 0 Å². The molecule has 5 nitrogen and oxygen atoms in total. The van der Waals surface area contributed by atoms with Crippen LogP contribution in [-0.2, 0) is 4.79 Å². The molecule has 0 fully saturated rings. The molecule has 1 aromatic heterocycles. The molecule has 0 aliphatic rings. The van der Waals surface area contributed by atoms with Crippen LogP contribution in [0.2, 0.25) is 10.0 Å². The van der Waals surface area contributed by atoms with E-state index < -0.39 is 0 Å². The Bertz CT molecular complexity index is 680. The quantitative estimate of drug-likeness (QED) is 0.775. The molecule has 0 saturated carbocycles. The number of amides is 1. The zero-order valence-corrected chi connectivity index (χ0v) is 15.0. The van der Waals surface area contributed by atoms with Gasteiger partial charge in [-0.05, 0) is 31.5 Å². The average molecular weight is 377 g/mol. The number of nitrogens with two attached hydrogens (primary N) is 1. The van der Waals surface area contributed by atoms with Crippen molar-refractivity contribution in [3.8, 4) is 0 Å². The SMILES string of the molecule is C[C@H](NC(=O)[C@@H](C)Sc1nnc(N)s1)c1ccc(Cl)cc1Cl. The second-order valence-electron chi connectivity index (χ2n) is 4.56. The van der Waals surface area contributed by atoms with Gasteiger partial charge in [0.15, 0.2) is 4.34 Å². The summed E-state index contributed by atoms with van der Waals surface area (Å²) in [4.78, 5) is 12.2. The third-order valence-corrected chi connectivity index (χ3v) is 5.36. The van der Waals surface area contributed by atoms with Gasteiger partial charge in [-0.3, -0.25) is 4.79 Å². The molecule has 0 radical (unpaired) electrons. The second kappa shape index (κ2) is 7.50. The molecule has 1 amide bonds. The lowest BCUT2D eigenvalue weighted by atomic mass is 10.1. The summed E-state index contributed by atoms with van der Waals surface area (Å²) < 4.78 is 0.664. The molecule has 0 spiro atoms. The number of nitrogens with zero attached hydrogens (tertiary/aromatic N) is 2. The molecule has 2 aromatic rings. The van der Waals surface area contributed by atoms with E-state index in [9.17, 15) is 4.79 Å². The van der Waals surface area contributed by atoms with Crippen LogP contribution in [0.4, 0.5) is 5.13 Å². The Labute approximate surface area is 146 Å². The van der Waals surface area contributed by atoms with Crippen molar-refractivity contribution in [3.05, 3.63) is 33.8 Å². The van der Waals surface area contributed by atoms with Crippen molar-refractivity contribution in [1.82, 2.24) is 15.5 Å². The van der Waals surface area contributed by atoms with E-state index in [0.29, 0.717) is 19.5 Å². The zero-order chi connectivity index (χ0) is 16.3. The number of hydrogen-bond donors (Lipinski definition) is 2. The minimum Gasteiger partial charge on any atom is -0.374 e. The minimum absolute atomic E-state index is 0.114. The van der Waals surface area contributed by atoms with Gasteiger partial charge in [0.1, 0.15) is 0 Å². The van der Waals surface area contributed by atoms with Crippen LogP contribution in [0.15, 0.2) is 22.5 Å². The van der Waals surface area contributed by atoms with E-state index in [2.05, 4.69) is 15.5 Å². The van der Waals surface area contributed by atoms with Gasteiger partial charge in [0, 0.05) is 10.0 Å². The number of halogens is 2. The lowest BCUT2D eigenvalue weighted by Crippen LogP contribution is -2.33. The smallest absolute Gasteiger partial charge is 0.233 e. The number of anilines is 1. The molecule has 0 saturated heterocycles.